The van der Waals surface area contributed by atoms with Crippen molar-refractivity contribution in [3.8, 4) is 16.9 Å². The zero-order valence-electron chi connectivity index (χ0n) is 16.5. The molecule has 0 unspecified atom stereocenters. The molecular weight excluding hydrogens is 398 g/mol. The Hall–Kier alpha value is -4.21. The monoisotopic (exact) mass is 417 g/mol. The highest BCUT2D eigenvalue weighted by atomic mass is 16.6. The molecule has 0 atom stereocenters. The Morgan fingerprint density at radius 1 is 1.19 bits per heavy atom. The number of ether oxygens (including phenoxy) is 1. The number of aromatic nitrogens is 5. The number of nitrogens with one attached hydrogen (secondary N) is 3. The fourth-order valence-electron chi connectivity index (χ4n) is 3.49. The Balaban J connectivity index is 1.28. The molecule has 1 aromatic carbocycles. The molecule has 1 aliphatic rings. The molecule has 3 N–H and O–H groups in total. The largest absolute Gasteiger partial charge is 0.492 e. The summed E-state index contributed by atoms with van der Waals surface area (Å²) in [5.41, 5.74) is 5.00. The number of anilines is 1. The first kappa shape index (κ1) is 18.8. The van der Waals surface area contributed by atoms with Crippen molar-refractivity contribution < 1.29 is 14.2 Å². The van der Waals surface area contributed by atoms with Crippen LogP contribution in [-0.4, -0.2) is 38.0 Å². The molecule has 31 heavy (non-hydrogen) atoms. The van der Waals surface area contributed by atoms with Gasteiger partial charge in [0.1, 0.15) is 17.3 Å². The van der Waals surface area contributed by atoms with Crippen molar-refractivity contribution in [3.05, 3.63) is 71.4 Å². The summed E-state index contributed by atoms with van der Waals surface area (Å²) in [5.74, 6) is 1.43. The van der Waals surface area contributed by atoms with E-state index in [9.17, 15) is 4.79 Å². The highest BCUT2D eigenvalue weighted by molar-refractivity contribution is 5.94. The van der Waals surface area contributed by atoms with Gasteiger partial charge in [-0.25, -0.2) is 9.61 Å². The van der Waals surface area contributed by atoms with Gasteiger partial charge >= 0.3 is 0 Å². The SMILES string of the molecule is O=C(NCc1cnon1)c1cccc(CNc2ncc(-c3cn[nH]c3)c3c2CCO3)c1. The number of hydrogen-bond donors (Lipinski definition) is 3. The van der Waals surface area contributed by atoms with E-state index < -0.39 is 0 Å². The van der Waals surface area contributed by atoms with Gasteiger partial charge in [-0.15, -0.1) is 0 Å². The van der Waals surface area contributed by atoms with E-state index in [1.54, 1.807) is 18.5 Å². The van der Waals surface area contributed by atoms with Crippen LogP contribution < -0.4 is 15.4 Å². The van der Waals surface area contributed by atoms with Crippen LogP contribution in [0, 0.1) is 0 Å². The maximum absolute atomic E-state index is 12.4. The number of fused-ring (bicyclic) bond motifs is 1. The van der Waals surface area contributed by atoms with E-state index in [1.165, 1.54) is 6.20 Å². The third kappa shape index (κ3) is 3.95. The molecule has 1 aliphatic heterocycles. The van der Waals surface area contributed by atoms with E-state index in [-0.39, 0.29) is 12.5 Å². The van der Waals surface area contributed by atoms with Crippen molar-refractivity contribution in [3.63, 3.8) is 0 Å². The number of hydrogen-bond acceptors (Lipinski definition) is 8. The molecule has 0 fully saturated rings. The lowest BCUT2D eigenvalue weighted by Gasteiger charge is -2.12. The first-order valence-corrected chi connectivity index (χ1v) is 9.79. The second-order valence-corrected chi connectivity index (χ2v) is 7.05. The molecular formula is C21H19N7O3. The maximum atomic E-state index is 12.4. The Morgan fingerprint density at radius 2 is 2.16 bits per heavy atom. The van der Waals surface area contributed by atoms with Gasteiger partial charge < -0.3 is 15.4 Å². The topological polar surface area (TPSA) is 131 Å². The van der Waals surface area contributed by atoms with Gasteiger partial charge in [-0.3, -0.25) is 9.89 Å². The number of carbonyl (C=O) groups is 1. The third-order valence-corrected chi connectivity index (χ3v) is 5.02. The predicted molar refractivity (Wildman–Crippen MR) is 110 cm³/mol. The van der Waals surface area contributed by atoms with Crippen molar-refractivity contribution in [1.82, 2.24) is 30.8 Å². The number of aromatic amines is 1. The smallest absolute Gasteiger partial charge is 0.251 e. The summed E-state index contributed by atoms with van der Waals surface area (Å²) in [4.78, 5) is 17.0. The molecule has 3 aromatic heterocycles. The van der Waals surface area contributed by atoms with E-state index in [2.05, 4.69) is 40.8 Å². The highest BCUT2D eigenvalue weighted by Crippen LogP contribution is 2.39. The van der Waals surface area contributed by atoms with Gasteiger partial charge in [0, 0.05) is 47.6 Å². The van der Waals surface area contributed by atoms with Gasteiger partial charge in [-0.1, -0.05) is 22.4 Å². The average Bonchev–Trinajstić information content (AvgIpc) is 3.58. The van der Waals surface area contributed by atoms with Gasteiger partial charge in [0.05, 0.1) is 25.5 Å². The minimum atomic E-state index is -0.193. The van der Waals surface area contributed by atoms with Gasteiger partial charge in [0.2, 0.25) is 0 Å². The summed E-state index contributed by atoms with van der Waals surface area (Å²) < 4.78 is 10.4. The van der Waals surface area contributed by atoms with Crippen LogP contribution in [0.3, 0.4) is 0 Å². The van der Waals surface area contributed by atoms with Gasteiger partial charge in [-0.05, 0) is 17.7 Å². The van der Waals surface area contributed by atoms with E-state index in [4.69, 9.17) is 4.74 Å². The number of rotatable bonds is 7. The van der Waals surface area contributed by atoms with Crippen molar-refractivity contribution in [2.75, 3.05) is 11.9 Å². The molecule has 0 spiro atoms. The van der Waals surface area contributed by atoms with Crippen molar-refractivity contribution in [1.29, 1.82) is 0 Å². The van der Waals surface area contributed by atoms with E-state index >= 15 is 0 Å². The zero-order valence-corrected chi connectivity index (χ0v) is 16.5. The van der Waals surface area contributed by atoms with Gasteiger partial charge in [0.15, 0.2) is 0 Å². The summed E-state index contributed by atoms with van der Waals surface area (Å²) >= 11 is 0. The maximum Gasteiger partial charge on any atom is 0.251 e. The number of benzene rings is 1. The Labute approximate surface area is 177 Å². The molecule has 1 amide bonds. The second-order valence-electron chi connectivity index (χ2n) is 7.05. The third-order valence-electron chi connectivity index (χ3n) is 5.02. The minimum absolute atomic E-state index is 0.193. The van der Waals surface area contributed by atoms with Crippen molar-refractivity contribution >= 4 is 11.7 Å². The average molecular weight is 417 g/mol. The number of amides is 1. The lowest BCUT2D eigenvalue weighted by Crippen LogP contribution is -2.23. The second kappa shape index (κ2) is 8.27. The fraction of sp³-hybridized carbons (Fsp3) is 0.190. The zero-order chi connectivity index (χ0) is 21.0. The number of carbonyl (C=O) groups excluding carboxylic acids is 1. The number of H-pyrrole nitrogens is 1. The van der Waals surface area contributed by atoms with Crippen LogP contribution in [0.4, 0.5) is 5.82 Å². The molecule has 10 nitrogen and oxygen atoms in total. The van der Waals surface area contributed by atoms with E-state index in [0.29, 0.717) is 24.4 Å². The Bertz CT molecular complexity index is 1190. The molecule has 10 heteroatoms. The summed E-state index contributed by atoms with van der Waals surface area (Å²) in [5, 5.41) is 20.2. The molecule has 156 valence electrons. The predicted octanol–water partition coefficient (Wildman–Crippen LogP) is 2.33. The molecule has 4 aromatic rings. The van der Waals surface area contributed by atoms with E-state index in [0.717, 1.165) is 40.2 Å². The van der Waals surface area contributed by atoms with Crippen LogP contribution in [0.2, 0.25) is 0 Å². The Kier molecular flexibility index (Phi) is 5.01. The fourth-order valence-corrected chi connectivity index (χ4v) is 3.49. The van der Waals surface area contributed by atoms with Crippen molar-refractivity contribution in [2.24, 2.45) is 0 Å². The quantitative estimate of drug-likeness (QED) is 0.418. The first-order valence-electron chi connectivity index (χ1n) is 9.79. The van der Waals surface area contributed by atoms with Gasteiger partial charge in [-0.2, -0.15) is 5.10 Å². The Morgan fingerprint density at radius 3 is 3.00 bits per heavy atom. The number of pyridine rings is 1. The molecule has 0 saturated carbocycles. The molecule has 0 radical (unpaired) electrons. The van der Waals surface area contributed by atoms with Crippen LogP contribution in [-0.2, 0) is 19.5 Å². The number of nitrogens with zero attached hydrogens (tertiary/aromatic N) is 4. The molecule has 0 saturated heterocycles. The normalized spacial score (nSPS) is 12.3. The summed E-state index contributed by atoms with van der Waals surface area (Å²) in [7, 11) is 0. The van der Waals surface area contributed by atoms with Crippen LogP contribution >= 0.6 is 0 Å². The summed E-state index contributed by atoms with van der Waals surface area (Å²) in [6.07, 6.45) is 7.62. The minimum Gasteiger partial charge on any atom is -0.492 e. The first-order chi connectivity index (χ1) is 15.3. The lowest BCUT2D eigenvalue weighted by molar-refractivity contribution is 0.0950. The highest BCUT2D eigenvalue weighted by Gasteiger charge is 2.22. The summed E-state index contributed by atoms with van der Waals surface area (Å²) in [6, 6.07) is 7.43. The molecule has 0 bridgehead atoms. The standard InChI is InChI=1S/C21H19N7O3/c29-21(24-10-16-11-27-31-28-16)14-3-1-2-13(6-14)7-22-20-17-4-5-30-19(17)18(12-23-20)15-8-25-26-9-15/h1-3,6,8-9,11-12H,4-5,7,10H2,(H,22,23)(H,24,29)(H,25,26). The van der Waals surface area contributed by atoms with Crippen LogP contribution in [0.25, 0.3) is 11.1 Å². The molecule has 5 rings (SSSR count). The van der Waals surface area contributed by atoms with Crippen molar-refractivity contribution in [2.45, 2.75) is 19.5 Å². The van der Waals surface area contributed by atoms with Crippen LogP contribution in [0.1, 0.15) is 27.2 Å². The van der Waals surface area contributed by atoms with Crippen LogP contribution in [0.15, 0.2) is 53.7 Å². The molecule has 4 heterocycles. The van der Waals surface area contributed by atoms with Crippen LogP contribution in [0.5, 0.6) is 5.75 Å². The van der Waals surface area contributed by atoms with E-state index in [1.807, 2.05) is 24.4 Å². The summed E-state index contributed by atoms with van der Waals surface area (Å²) in [6.45, 7) is 1.40. The molecule has 0 aliphatic carbocycles. The lowest BCUT2D eigenvalue weighted by atomic mass is 10.1. The van der Waals surface area contributed by atoms with Gasteiger partial charge in [0.25, 0.3) is 5.91 Å².